The summed E-state index contributed by atoms with van der Waals surface area (Å²) in [5.74, 6) is 0. The molecule has 0 aliphatic carbocycles. The van der Waals surface area contributed by atoms with Crippen molar-refractivity contribution in [2.75, 3.05) is 18.9 Å². The fourth-order valence-electron chi connectivity index (χ4n) is 2.80. The SMILES string of the molecule is Cc1ncsc1CN(C)Cc1cccc2c1CCCN2. The van der Waals surface area contributed by atoms with Crippen LogP contribution in [0, 0.1) is 6.92 Å². The van der Waals surface area contributed by atoms with Crippen LogP contribution in [0.3, 0.4) is 0 Å². The average Bonchev–Trinajstić information content (AvgIpc) is 2.85. The second-order valence-electron chi connectivity index (χ2n) is 5.51. The van der Waals surface area contributed by atoms with Gasteiger partial charge in [0, 0.05) is 30.2 Å². The zero-order chi connectivity index (χ0) is 13.9. The standard InChI is InChI=1S/C16H21N3S/c1-12-16(20-11-18-12)10-19(2)9-13-5-3-7-15-14(13)6-4-8-17-15/h3,5,7,11,17H,4,6,8-10H2,1-2H3. The molecule has 1 aliphatic heterocycles. The molecule has 20 heavy (non-hydrogen) atoms. The van der Waals surface area contributed by atoms with Crippen molar-refractivity contribution in [2.24, 2.45) is 0 Å². The van der Waals surface area contributed by atoms with E-state index in [0.717, 1.165) is 19.6 Å². The summed E-state index contributed by atoms with van der Waals surface area (Å²) in [6.07, 6.45) is 2.44. The molecule has 0 saturated heterocycles. The van der Waals surface area contributed by atoms with Crippen LogP contribution in [0.5, 0.6) is 0 Å². The summed E-state index contributed by atoms with van der Waals surface area (Å²) in [4.78, 5) is 8.08. The van der Waals surface area contributed by atoms with Crippen molar-refractivity contribution in [2.45, 2.75) is 32.9 Å². The van der Waals surface area contributed by atoms with Gasteiger partial charge in [0.1, 0.15) is 0 Å². The topological polar surface area (TPSA) is 28.2 Å². The fraction of sp³-hybridized carbons (Fsp3) is 0.438. The molecule has 0 atom stereocenters. The second kappa shape index (κ2) is 5.94. The first-order valence-electron chi connectivity index (χ1n) is 7.16. The van der Waals surface area contributed by atoms with Gasteiger partial charge in [0.05, 0.1) is 11.2 Å². The Balaban J connectivity index is 1.73. The lowest BCUT2D eigenvalue weighted by Gasteiger charge is -2.24. The third-order valence-electron chi connectivity index (χ3n) is 3.89. The van der Waals surface area contributed by atoms with Crippen LogP contribution in [0.4, 0.5) is 5.69 Å². The van der Waals surface area contributed by atoms with E-state index in [1.165, 1.54) is 40.2 Å². The van der Waals surface area contributed by atoms with E-state index in [1.54, 1.807) is 11.3 Å². The maximum absolute atomic E-state index is 4.33. The van der Waals surface area contributed by atoms with E-state index in [0.29, 0.717) is 0 Å². The highest BCUT2D eigenvalue weighted by molar-refractivity contribution is 7.09. The molecule has 0 fully saturated rings. The number of aromatic nitrogens is 1. The molecule has 4 heteroatoms. The Morgan fingerprint density at radius 3 is 3.05 bits per heavy atom. The lowest BCUT2D eigenvalue weighted by atomic mass is 9.97. The Kier molecular flexibility index (Phi) is 4.03. The summed E-state index contributed by atoms with van der Waals surface area (Å²) in [6.45, 7) is 5.18. The van der Waals surface area contributed by atoms with E-state index in [2.05, 4.69) is 47.4 Å². The molecule has 1 aliphatic rings. The molecule has 0 amide bonds. The minimum absolute atomic E-state index is 0.980. The number of benzene rings is 1. The average molecular weight is 287 g/mol. The molecule has 0 radical (unpaired) electrons. The Labute approximate surface area is 124 Å². The maximum atomic E-state index is 4.33. The highest BCUT2D eigenvalue weighted by Crippen LogP contribution is 2.26. The summed E-state index contributed by atoms with van der Waals surface area (Å²) in [5.41, 5.74) is 7.40. The lowest BCUT2D eigenvalue weighted by molar-refractivity contribution is 0.320. The smallest absolute Gasteiger partial charge is 0.0798 e. The van der Waals surface area contributed by atoms with Crippen molar-refractivity contribution in [3.05, 3.63) is 45.4 Å². The number of aryl methyl sites for hydroxylation is 1. The van der Waals surface area contributed by atoms with Crippen LogP contribution in [0.15, 0.2) is 23.7 Å². The van der Waals surface area contributed by atoms with E-state index in [1.807, 2.05) is 5.51 Å². The molecule has 2 heterocycles. The van der Waals surface area contributed by atoms with Crippen molar-refractivity contribution < 1.29 is 0 Å². The van der Waals surface area contributed by atoms with Gasteiger partial charge in [-0.25, -0.2) is 4.98 Å². The molecule has 0 spiro atoms. The number of nitrogens with zero attached hydrogens (tertiary/aromatic N) is 2. The molecule has 1 N–H and O–H groups in total. The van der Waals surface area contributed by atoms with E-state index in [4.69, 9.17) is 0 Å². The van der Waals surface area contributed by atoms with E-state index >= 15 is 0 Å². The predicted octanol–water partition coefficient (Wildman–Crippen LogP) is 3.44. The molecule has 2 aromatic rings. The van der Waals surface area contributed by atoms with Crippen molar-refractivity contribution in [1.82, 2.24) is 9.88 Å². The van der Waals surface area contributed by atoms with E-state index in [9.17, 15) is 0 Å². The van der Waals surface area contributed by atoms with Gasteiger partial charge in [0.2, 0.25) is 0 Å². The largest absolute Gasteiger partial charge is 0.385 e. The van der Waals surface area contributed by atoms with Crippen LogP contribution in [-0.4, -0.2) is 23.5 Å². The van der Waals surface area contributed by atoms with Gasteiger partial charge in [-0.15, -0.1) is 11.3 Å². The molecule has 1 aromatic carbocycles. The Bertz CT molecular complexity index is 591. The number of anilines is 1. The molecule has 0 unspecified atom stereocenters. The zero-order valence-corrected chi connectivity index (χ0v) is 13.0. The zero-order valence-electron chi connectivity index (χ0n) is 12.1. The molecule has 106 valence electrons. The molecule has 0 saturated carbocycles. The molecule has 1 aromatic heterocycles. The molecule has 3 nitrogen and oxygen atoms in total. The van der Waals surface area contributed by atoms with Gasteiger partial charge in [-0.05, 0) is 44.0 Å². The van der Waals surface area contributed by atoms with Crippen molar-refractivity contribution in [3.63, 3.8) is 0 Å². The number of rotatable bonds is 4. The summed E-state index contributed by atoms with van der Waals surface area (Å²) in [6, 6.07) is 6.63. The summed E-state index contributed by atoms with van der Waals surface area (Å²) in [7, 11) is 2.19. The van der Waals surface area contributed by atoms with Crippen molar-refractivity contribution in [1.29, 1.82) is 0 Å². The highest BCUT2D eigenvalue weighted by atomic mass is 32.1. The normalized spacial score (nSPS) is 14.2. The Morgan fingerprint density at radius 2 is 2.25 bits per heavy atom. The van der Waals surface area contributed by atoms with Gasteiger partial charge in [-0.3, -0.25) is 4.90 Å². The van der Waals surface area contributed by atoms with Crippen LogP contribution in [0.25, 0.3) is 0 Å². The number of hydrogen-bond donors (Lipinski definition) is 1. The number of nitrogens with one attached hydrogen (secondary N) is 1. The third kappa shape index (κ3) is 2.86. The monoisotopic (exact) mass is 287 g/mol. The molecule has 3 rings (SSSR count). The van der Waals surface area contributed by atoms with Gasteiger partial charge in [0.15, 0.2) is 0 Å². The van der Waals surface area contributed by atoms with Crippen LogP contribution < -0.4 is 5.32 Å². The van der Waals surface area contributed by atoms with Crippen LogP contribution in [0.1, 0.15) is 28.1 Å². The molecular weight excluding hydrogens is 266 g/mol. The third-order valence-corrected chi connectivity index (χ3v) is 4.81. The van der Waals surface area contributed by atoms with E-state index < -0.39 is 0 Å². The molecule has 0 bridgehead atoms. The number of hydrogen-bond acceptors (Lipinski definition) is 4. The van der Waals surface area contributed by atoms with Crippen molar-refractivity contribution >= 4 is 17.0 Å². The second-order valence-corrected chi connectivity index (χ2v) is 6.45. The van der Waals surface area contributed by atoms with Crippen LogP contribution >= 0.6 is 11.3 Å². The van der Waals surface area contributed by atoms with Gasteiger partial charge >= 0.3 is 0 Å². The first-order valence-corrected chi connectivity index (χ1v) is 8.04. The lowest BCUT2D eigenvalue weighted by Crippen LogP contribution is -2.20. The summed E-state index contributed by atoms with van der Waals surface area (Å²) >= 11 is 1.75. The highest BCUT2D eigenvalue weighted by Gasteiger charge is 2.14. The Hall–Kier alpha value is -1.39. The van der Waals surface area contributed by atoms with Gasteiger partial charge in [-0.2, -0.15) is 0 Å². The minimum Gasteiger partial charge on any atom is -0.385 e. The van der Waals surface area contributed by atoms with Gasteiger partial charge in [0.25, 0.3) is 0 Å². The number of thiazole rings is 1. The minimum atomic E-state index is 0.980. The number of fused-ring (bicyclic) bond motifs is 1. The quantitative estimate of drug-likeness (QED) is 0.933. The fourth-order valence-corrected chi connectivity index (χ4v) is 3.66. The summed E-state index contributed by atoms with van der Waals surface area (Å²) in [5, 5.41) is 3.50. The molecular formula is C16H21N3S. The Morgan fingerprint density at radius 1 is 1.35 bits per heavy atom. The predicted molar refractivity (Wildman–Crippen MR) is 85.3 cm³/mol. The summed E-state index contributed by atoms with van der Waals surface area (Å²) < 4.78 is 0. The maximum Gasteiger partial charge on any atom is 0.0798 e. The first-order chi connectivity index (χ1) is 9.74. The first kappa shape index (κ1) is 13.6. The van der Waals surface area contributed by atoms with Crippen LogP contribution in [-0.2, 0) is 19.5 Å². The van der Waals surface area contributed by atoms with Crippen molar-refractivity contribution in [3.8, 4) is 0 Å². The van der Waals surface area contributed by atoms with Gasteiger partial charge < -0.3 is 5.32 Å². The van der Waals surface area contributed by atoms with Gasteiger partial charge in [-0.1, -0.05) is 12.1 Å². The van der Waals surface area contributed by atoms with E-state index in [-0.39, 0.29) is 0 Å². The van der Waals surface area contributed by atoms with Crippen LogP contribution in [0.2, 0.25) is 0 Å².